The minimum absolute atomic E-state index is 0. The molecule has 0 radical (unpaired) electrons. The molecule has 4 heavy (non-hydrogen) atoms. The Hall–Kier alpha value is 4.23. The van der Waals surface area contributed by atoms with E-state index >= 15 is 0 Å². The summed E-state index contributed by atoms with van der Waals surface area (Å²) in [5, 5.41) is 0. The van der Waals surface area contributed by atoms with Crippen LogP contribution < -0.4 is 0 Å². The fourth-order valence-electron chi connectivity index (χ4n) is 0. The summed E-state index contributed by atoms with van der Waals surface area (Å²) >= 11 is 0. The van der Waals surface area contributed by atoms with E-state index in [4.69, 9.17) is 0 Å². The summed E-state index contributed by atoms with van der Waals surface area (Å²) in [4.78, 5) is 0. The first-order valence-corrected chi connectivity index (χ1v) is 0. The van der Waals surface area contributed by atoms with E-state index in [2.05, 4.69) is 0 Å². The molecule has 0 bridgehead atoms. The Bertz CT molecular complexity index is 16.0. The van der Waals surface area contributed by atoms with Gasteiger partial charge in [-0.1, -0.05) is 0 Å². The van der Waals surface area contributed by atoms with Crippen molar-refractivity contribution in [1.29, 1.82) is 0 Å². The second-order valence-electron chi connectivity index (χ2n) is 0. The smallest absolute Gasteiger partial charge is 1.00 e. The molecule has 0 aromatic carbocycles. The van der Waals surface area contributed by atoms with Crippen LogP contribution in [0.2, 0.25) is 0 Å². The third kappa shape index (κ3) is 9.53. The van der Waals surface area contributed by atoms with Gasteiger partial charge in [-0.3, -0.25) is 0 Å². The van der Waals surface area contributed by atoms with Gasteiger partial charge in [0, 0.05) is 66.1 Å². The van der Waals surface area contributed by atoms with Crippen molar-refractivity contribution in [2.24, 2.45) is 0 Å². The Morgan fingerprint density at radius 1 is 1.25 bits per heavy atom. The largest absolute Gasteiger partial charge is 2.00 e. The second kappa shape index (κ2) is 15.7. The topological polar surface area (TPSA) is 0 Å². The van der Waals surface area contributed by atoms with Crippen LogP contribution in [-0.2, 0) is 26.2 Å². The fraction of sp³-hybridized carbons (Fsp3) is 0. The molecule has 0 saturated heterocycles. The molecule has 0 unspecified atom stereocenters. The Morgan fingerprint density at radius 3 is 1.25 bits per heavy atom. The Balaban J connectivity index is 0. The van der Waals surface area contributed by atoms with Crippen LogP contribution in [0.1, 0.15) is 5.71 Å². The molecular weight excluding hydrogens is 313 g/mol. The van der Waals surface area contributed by atoms with E-state index < -0.39 is 0 Å². The Labute approximate surface area is 129 Å². The molecule has 0 saturated carbocycles. The molecule has 0 aliphatic heterocycles. The molecule has 20 valence electrons. The van der Waals surface area contributed by atoms with Crippen LogP contribution in [0.5, 0.6) is 0 Å². The van der Waals surface area contributed by atoms with Gasteiger partial charge in [0.05, 0.1) is 0 Å². The summed E-state index contributed by atoms with van der Waals surface area (Å²) in [6.07, 6.45) is 0. The van der Waals surface area contributed by atoms with Gasteiger partial charge in [-0.05, 0) is 0 Å². The van der Waals surface area contributed by atoms with Crippen molar-refractivity contribution >= 4 is 60.8 Å². The summed E-state index contributed by atoms with van der Waals surface area (Å²) < 4.78 is 0. The molecule has 0 N–H and O–H groups in total. The van der Waals surface area contributed by atoms with Crippen LogP contribution in [0.3, 0.4) is 0 Å². The van der Waals surface area contributed by atoms with E-state index in [1.165, 1.54) is 0 Å². The van der Waals surface area contributed by atoms with Crippen molar-refractivity contribution < 1.29 is 71.9 Å². The van der Waals surface area contributed by atoms with Crippen molar-refractivity contribution in [3.05, 3.63) is 0 Å². The molecule has 0 atom stereocenters. The van der Waals surface area contributed by atoms with Gasteiger partial charge >= 0.3 is 60.8 Å². The van der Waals surface area contributed by atoms with Crippen molar-refractivity contribution in [2.45, 2.75) is 0 Å². The molecule has 0 nitrogen and oxygen atoms in total. The van der Waals surface area contributed by atoms with Gasteiger partial charge < -0.3 is 5.71 Å². The summed E-state index contributed by atoms with van der Waals surface area (Å²) in [6.45, 7) is 0. The molecule has 0 rings (SSSR count). The number of hydrogen-bond donors (Lipinski definition) is 0. The maximum atomic E-state index is 0. The summed E-state index contributed by atoms with van der Waals surface area (Å²) in [5.74, 6) is 0. The normalized spacial score (nSPS) is 0. The summed E-state index contributed by atoms with van der Waals surface area (Å²) in [7, 11) is 0. The van der Waals surface area contributed by atoms with Gasteiger partial charge in [0.1, 0.15) is 0 Å². The second-order valence-corrected chi connectivity index (χ2v) is 0. The van der Waals surface area contributed by atoms with Crippen LogP contribution in [0.25, 0.3) is 0 Å². The number of rotatable bonds is 0. The maximum absolute atomic E-state index is 0. The molecule has 0 aromatic heterocycles. The molecule has 0 aliphatic rings. The van der Waals surface area contributed by atoms with E-state index in [0.29, 0.717) is 0 Å². The van der Waals surface area contributed by atoms with E-state index in [0.717, 1.165) is 0 Å². The van der Waals surface area contributed by atoms with Gasteiger partial charge in [0.2, 0.25) is 0 Å². The molecule has 0 fully saturated rings. The van der Waals surface area contributed by atoms with Gasteiger partial charge in [0.15, 0.2) is 0 Å². The first-order valence-electron chi connectivity index (χ1n) is 0. The SMILES string of the molecule is [Ca+2].[Gd].[H-].[H-].[H-].[H-].[Mg+2].[Zr]. The average molecular weight is 317 g/mol. The van der Waals surface area contributed by atoms with Crippen LogP contribution in [0, 0.1) is 39.9 Å². The Morgan fingerprint density at radius 2 is 1.25 bits per heavy atom. The molecular formula is H4CaGdMgZr. The predicted octanol–water partition coefficient (Wildman–Crippen LogP) is -0.314. The third-order valence-electron chi connectivity index (χ3n) is 0. The van der Waals surface area contributed by atoms with Crippen molar-refractivity contribution in [1.82, 2.24) is 0 Å². The van der Waals surface area contributed by atoms with E-state index in [-0.39, 0.29) is 133 Å². The maximum Gasteiger partial charge on any atom is 2.00 e. The van der Waals surface area contributed by atoms with Gasteiger partial charge in [0.25, 0.3) is 0 Å². The van der Waals surface area contributed by atoms with E-state index in [9.17, 15) is 0 Å². The molecule has 4 heteroatoms. The van der Waals surface area contributed by atoms with Crippen LogP contribution in [0.4, 0.5) is 0 Å². The van der Waals surface area contributed by atoms with Crippen LogP contribution in [-0.4, -0.2) is 60.8 Å². The Kier molecular flexibility index (Phi) is 94.2. The minimum atomic E-state index is 0. The van der Waals surface area contributed by atoms with Gasteiger partial charge in [-0.15, -0.1) is 0 Å². The zero-order valence-electron chi connectivity index (χ0n) is 6.27. The molecule has 0 aliphatic carbocycles. The van der Waals surface area contributed by atoms with E-state index in [1.807, 2.05) is 0 Å². The molecule has 0 heterocycles. The van der Waals surface area contributed by atoms with Gasteiger partial charge in [-0.2, -0.15) is 0 Å². The predicted molar refractivity (Wildman–Crippen MR) is 16.0 cm³/mol. The first-order chi connectivity index (χ1) is 0. The summed E-state index contributed by atoms with van der Waals surface area (Å²) in [5.41, 5.74) is 0. The van der Waals surface area contributed by atoms with Gasteiger partial charge in [-0.25, -0.2) is 0 Å². The molecule has 0 amide bonds. The average Bonchev–Trinajstić information content (AvgIpc) is 0. The monoisotopic (exact) mass is 316 g/mol. The third-order valence-corrected chi connectivity index (χ3v) is 0. The standard InChI is InChI=1S/Ca.Gd.Mg.Zr.4H/q+2;;+2;;4*-1. The van der Waals surface area contributed by atoms with Crippen LogP contribution >= 0.6 is 0 Å². The minimum Gasteiger partial charge on any atom is -1.00 e. The molecule has 0 spiro atoms. The van der Waals surface area contributed by atoms with Crippen LogP contribution in [0.15, 0.2) is 0 Å². The van der Waals surface area contributed by atoms with Crippen molar-refractivity contribution in [2.75, 3.05) is 0 Å². The van der Waals surface area contributed by atoms with Crippen molar-refractivity contribution in [3.63, 3.8) is 0 Å². The zero-order valence-corrected chi connectivity index (χ0v) is 10.6. The quantitative estimate of drug-likeness (QED) is 0.538. The summed E-state index contributed by atoms with van der Waals surface area (Å²) in [6, 6.07) is 0. The van der Waals surface area contributed by atoms with E-state index in [1.54, 1.807) is 0 Å². The van der Waals surface area contributed by atoms with Crippen molar-refractivity contribution in [3.8, 4) is 0 Å². The first kappa shape index (κ1) is 24.0. The fourth-order valence-corrected chi connectivity index (χ4v) is 0. The number of hydrogen-bond acceptors (Lipinski definition) is 0. The molecule has 0 aromatic rings. The zero-order chi connectivity index (χ0) is 0.